The monoisotopic (exact) mass is 379 g/mol. The van der Waals surface area contributed by atoms with E-state index in [1.807, 2.05) is 36.5 Å². The van der Waals surface area contributed by atoms with Crippen LogP contribution in [0.15, 0.2) is 48.7 Å². The van der Waals surface area contributed by atoms with Crippen LogP contribution >= 0.6 is 0 Å². The first-order valence-corrected chi connectivity index (χ1v) is 9.65. The van der Waals surface area contributed by atoms with Gasteiger partial charge in [0.1, 0.15) is 5.75 Å². The van der Waals surface area contributed by atoms with Crippen molar-refractivity contribution in [1.29, 1.82) is 0 Å². The number of hydrogen-bond donors (Lipinski definition) is 3. The number of aromatic nitrogens is 1. The van der Waals surface area contributed by atoms with Gasteiger partial charge < -0.3 is 20.4 Å². The number of nitrogens with one attached hydrogen (secondary N) is 3. The van der Waals surface area contributed by atoms with Crippen molar-refractivity contribution >= 4 is 16.9 Å². The smallest absolute Gasteiger partial charge is 0.317 e. The highest BCUT2D eigenvalue weighted by molar-refractivity contribution is 5.83. The molecule has 2 aromatic carbocycles. The quantitative estimate of drug-likeness (QED) is 0.546. The van der Waals surface area contributed by atoms with Gasteiger partial charge in [0.25, 0.3) is 0 Å². The van der Waals surface area contributed by atoms with Crippen LogP contribution in [0.3, 0.4) is 0 Å². The van der Waals surface area contributed by atoms with Crippen LogP contribution in [-0.4, -0.2) is 24.3 Å². The molecule has 1 heterocycles. The van der Waals surface area contributed by atoms with Gasteiger partial charge in [0.2, 0.25) is 0 Å². The number of carbonyl (C=O) groups excluding carboxylic acids is 1. The maximum Gasteiger partial charge on any atom is 0.317 e. The molecule has 0 fully saturated rings. The van der Waals surface area contributed by atoms with Crippen molar-refractivity contribution in [3.05, 3.63) is 65.4 Å². The molecule has 2 amide bonds. The lowest BCUT2D eigenvalue weighted by molar-refractivity contribution is 0.223. The highest BCUT2D eigenvalue weighted by atomic mass is 16.5. The molecule has 28 heavy (non-hydrogen) atoms. The normalized spacial score (nSPS) is 11.4. The molecule has 0 saturated carbocycles. The van der Waals surface area contributed by atoms with Crippen LogP contribution in [0.25, 0.3) is 10.9 Å². The van der Waals surface area contributed by atoms with Crippen molar-refractivity contribution in [2.45, 2.75) is 39.5 Å². The van der Waals surface area contributed by atoms with Crippen molar-refractivity contribution in [2.75, 3.05) is 13.3 Å². The number of fused-ring (bicyclic) bond motifs is 1. The van der Waals surface area contributed by atoms with Gasteiger partial charge in [-0.2, -0.15) is 0 Å². The molecular weight excluding hydrogens is 350 g/mol. The second kappa shape index (κ2) is 8.38. The summed E-state index contributed by atoms with van der Waals surface area (Å²) < 4.78 is 5.82. The highest BCUT2D eigenvalue weighted by Gasteiger charge is 2.19. The summed E-state index contributed by atoms with van der Waals surface area (Å²) in [7, 11) is 0. The maximum absolute atomic E-state index is 12.1. The molecule has 0 aliphatic rings. The highest BCUT2D eigenvalue weighted by Crippen LogP contribution is 2.31. The van der Waals surface area contributed by atoms with Crippen LogP contribution in [0.2, 0.25) is 0 Å². The Hall–Kier alpha value is -2.95. The molecule has 5 heteroatoms. The standard InChI is InChI=1S/C23H29N3O2/c1-16-9-10-21(19(13-16)23(2,3)4)28-15-26-22(27)24-12-11-17-14-25-20-8-6-5-7-18(17)20/h5-10,13-14,25H,11-12,15H2,1-4H3,(H2,24,26,27). The number of hydrogen-bond acceptors (Lipinski definition) is 2. The third-order valence-corrected chi connectivity index (χ3v) is 4.76. The Balaban J connectivity index is 1.46. The SMILES string of the molecule is Cc1ccc(OCNC(=O)NCCc2c[nH]c3ccccc23)c(C(C)(C)C)c1. The Kier molecular flexibility index (Phi) is 5.93. The van der Waals surface area contributed by atoms with Gasteiger partial charge >= 0.3 is 6.03 Å². The predicted octanol–water partition coefficient (Wildman–Crippen LogP) is 4.65. The number of para-hydroxylation sites is 1. The Bertz CT molecular complexity index is 954. The van der Waals surface area contributed by atoms with Gasteiger partial charge in [0.05, 0.1) is 0 Å². The van der Waals surface area contributed by atoms with E-state index in [2.05, 4.69) is 55.4 Å². The van der Waals surface area contributed by atoms with Crippen molar-refractivity contribution in [3.63, 3.8) is 0 Å². The summed E-state index contributed by atoms with van der Waals surface area (Å²) in [5, 5.41) is 6.84. The molecule has 0 unspecified atom stereocenters. The van der Waals surface area contributed by atoms with E-state index >= 15 is 0 Å². The van der Waals surface area contributed by atoms with Crippen molar-refractivity contribution < 1.29 is 9.53 Å². The summed E-state index contributed by atoms with van der Waals surface area (Å²) in [5.74, 6) is 0.803. The van der Waals surface area contributed by atoms with Gasteiger partial charge in [-0.3, -0.25) is 0 Å². The summed E-state index contributed by atoms with van der Waals surface area (Å²) in [6.45, 7) is 9.22. The van der Waals surface area contributed by atoms with Gasteiger partial charge in [0.15, 0.2) is 6.73 Å². The number of rotatable bonds is 6. The van der Waals surface area contributed by atoms with Crippen LogP contribution in [0.5, 0.6) is 5.75 Å². The van der Waals surface area contributed by atoms with Gasteiger partial charge in [-0.1, -0.05) is 56.7 Å². The van der Waals surface area contributed by atoms with E-state index in [4.69, 9.17) is 4.74 Å². The Morgan fingerprint density at radius 3 is 2.68 bits per heavy atom. The molecule has 3 aromatic rings. The van der Waals surface area contributed by atoms with Crippen molar-refractivity contribution in [1.82, 2.24) is 15.6 Å². The molecule has 0 bridgehead atoms. The van der Waals surface area contributed by atoms with Crippen molar-refractivity contribution in [2.24, 2.45) is 0 Å². The largest absolute Gasteiger partial charge is 0.473 e. The van der Waals surface area contributed by atoms with Gasteiger partial charge in [-0.05, 0) is 42.0 Å². The Morgan fingerprint density at radius 1 is 1.11 bits per heavy atom. The number of urea groups is 1. The number of aromatic amines is 1. The second-order valence-electron chi connectivity index (χ2n) is 8.08. The number of H-pyrrole nitrogens is 1. The van der Waals surface area contributed by atoms with Crippen LogP contribution in [0, 0.1) is 6.92 Å². The van der Waals surface area contributed by atoms with Crippen LogP contribution in [0.1, 0.15) is 37.5 Å². The maximum atomic E-state index is 12.1. The Labute approximate surface area is 166 Å². The molecule has 148 valence electrons. The minimum atomic E-state index is -0.232. The zero-order valence-corrected chi connectivity index (χ0v) is 17.1. The summed E-state index contributed by atoms with van der Waals surface area (Å²) in [4.78, 5) is 15.3. The zero-order chi connectivity index (χ0) is 20.1. The number of carbonyl (C=O) groups is 1. The van der Waals surface area contributed by atoms with Crippen molar-refractivity contribution in [3.8, 4) is 5.75 Å². The predicted molar refractivity (Wildman–Crippen MR) is 114 cm³/mol. The molecule has 3 N–H and O–H groups in total. The van der Waals surface area contributed by atoms with Gasteiger partial charge in [-0.15, -0.1) is 0 Å². The number of amides is 2. The van der Waals surface area contributed by atoms with E-state index in [1.165, 1.54) is 16.5 Å². The number of aryl methyl sites for hydroxylation is 1. The lowest BCUT2D eigenvalue weighted by atomic mass is 9.85. The van der Waals surface area contributed by atoms with E-state index in [9.17, 15) is 4.79 Å². The van der Waals surface area contributed by atoms with Crippen LogP contribution in [-0.2, 0) is 11.8 Å². The molecule has 3 rings (SSSR count). The van der Waals surface area contributed by atoms with E-state index in [0.29, 0.717) is 6.54 Å². The molecular formula is C23H29N3O2. The third-order valence-electron chi connectivity index (χ3n) is 4.76. The van der Waals surface area contributed by atoms with Gasteiger partial charge in [0, 0.05) is 23.6 Å². The van der Waals surface area contributed by atoms with Gasteiger partial charge in [-0.25, -0.2) is 4.79 Å². The summed E-state index contributed by atoms with van der Waals surface area (Å²) in [6.07, 6.45) is 2.77. The molecule has 1 aromatic heterocycles. The Morgan fingerprint density at radius 2 is 1.89 bits per heavy atom. The first kappa shape index (κ1) is 19.8. The molecule has 5 nitrogen and oxygen atoms in total. The van der Waals surface area contributed by atoms with Crippen LogP contribution < -0.4 is 15.4 Å². The minimum absolute atomic E-state index is 0.0249. The fourth-order valence-electron chi connectivity index (χ4n) is 3.25. The summed E-state index contributed by atoms with van der Waals surface area (Å²) >= 11 is 0. The molecule has 0 spiro atoms. The fraction of sp³-hybridized carbons (Fsp3) is 0.348. The zero-order valence-electron chi connectivity index (χ0n) is 17.1. The first-order chi connectivity index (χ1) is 13.3. The second-order valence-corrected chi connectivity index (χ2v) is 8.08. The average molecular weight is 380 g/mol. The average Bonchev–Trinajstić information content (AvgIpc) is 3.05. The summed E-state index contributed by atoms with van der Waals surface area (Å²) in [6, 6.07) is 14.1. The fourth-order valence-corrected chi connectivity index (χ4v) is 3.25. The van der Waals surface area contributed by atoms with Crippen LogP contribution in [0.4, 0.5) is 4.79 Å². The minimum Gasteiger partial charge on any atom is -0.473 e. The number of benzene rings is 2. The summed E-state index contributed by atoms with van der Waals surface area (Å²) in [5.41, 5.74) is 4.61. The third kappa shape index (κ3) is 4.85. The van der Waals surface area contributed by atoms with E-state index in [1.54, 1.807) is 0 Å². The van der Waals surface area contributed by atoms with E-state index < -0.39 is 0 Å². The molecule has 0 aliphatic heterocycles. The molecule has 0 aliphatic carbocycles. The lowest BCUT2D eigenvalue weighted by Gasteiger charge is -2.23. The number of ether oxygens (including phenoxy) is 1. The molecule has 0 radical (unpaired) electrons. The van der Waals surface area contributed by atoms with E-state index in [0.717, 1.165) is 23.3 Å². The molecule has 0 atom stereocenters. The first-order valence-electron chi connectivity index (χ1n) is 9.65. The molecule has 0 saturated heterocycles. The van der Waals surface area contributed by atoms with E-state index in [-0.39, 0.29) is 18.2 Å². The lowest BCUT2D eigenvalue weighted by Crippen LogP contribution is -2.38. The topological polar surface area (TPSA) is 66.2 Å².